The van der Waals surface area contributed by atoms with Crippen molar-refractivity contribution in [3.05, 3.63) is 69.2 Å². The molecule has 0 aromatic heterocycles. The molecular weight excluding hydrogens is 307 g/mol. The summed E-state index contributed by atoms with van der Waals surface area (Å²) >= 11 is 11.7. The molecule has 5 heteroatoms. The number of rotatable bonds is 4. The van der Waals surface area contributed by atoms with Gasteiger partial charge in [-0.25, -0.2) is 5.43 Å². The van der Waals surface area contributed by atoms with Gasteiger partial charge in [0.05, 0.1) is 16.3 Å². The quantitative estimate of drug-likeness (QED) is 0.661. The van der Waals surface area contributed by atoms with Crippen LogP contribution in [0.5, 0.6) is 0 Å². The molecule has 0 spiro atoms. The Bertz CT molecular complexity index is 666. The van der Waals surface area contributed by atoms with Crippen LogP contribution in [0, 0.1) is 0 Å². The number of amides is 1. The Morgan fingerprint density at radius 3 is 2.48 bits per heavy atom. The summed E-state index contributed by atoms with van der Waals surface area (Å²) in [5.74, 6) is -0.338. The maximum absolute atomic E-state index is 11.9. The van der Waals surface area contributed by atoms with Gasteiger partial charge in [-0.1, -0.05) is 54.4 Å². The van der Waals surface area contributed by atoms with E-state index in [0.29, 0.717) is 15.6 Å². The summed E-state index contributed by atoms with van der Waals surface area (Å²) in [7, 11) is 0. The zero-order chi connectivity index (χ0) is 15.2. The summed E-state index contributed by atoms with van der Waals surface area (Å²) in [6, 6.07) is 12.6. The summed E-state index contributed by atoms with van der Waals surface area (Å²) in [6.07, 6.45) is 2.58. The first-order valence-electron chi connectivity index (χ1n) is 6.47. The standard InChI is InChI=1S/C16H14Cl2N2O/c1-2-11-3-5-12(6-4-11)10-19-20-16(21)13-7-8-14(17)15(18)9-13/h3-10H,2H2,1H3,(H,20,21). The van der Waals surface area contributed by atoms with Crippen LogP contribution in [0.4, 0.5) is 0 Å². The molecule has 0 bridgehead atoms. The molecule has 0 unspecified atom stereocenters. The van der Waals surface area contributed by atoms with Crippen LogP contribution in [0.3, 0.4) is 0 Å². The maximum atomic E-state index is 11.9. The van der Waals surface area contributed by atoms with E-state index in [0.717, 1.165) is 12.0 Å². The van der Waals surface area contributed by atoms with Crippen molar-refractivity contribution in [2.24, 2.45) is 5.10 Å². The van der Waals surface area contributed by atoms with E-state index in [1.807, 2.05) is 24.3 Å². The van der Waals surface area contributed by atoms with Crippen molar-refractivity contribution < 1.29 is 4.79 Å². The first-order chi connectivity index (χ1) is 10.1. The number of halogens is 2. The summed E-state index contributed by atoms with van der Waals surface area (Å²) in [5.41, 5.74) is 5.03. The van der Waals surface area contributed by atoms with Crippen molar-refractivity contribution in [1.82, 2.24) is 5.43 Å². The van der Waals surface area contributed by atoms with Crippen LogP contribution >= 0.6 is 23.2 Å². The van der Waals surface area contributed by atoms with E-state index < -0.39 is 0 Å². The topological polar surface area (TPSA) is 41.5 Å². The number of hydrogen-bond acceptors (Lipinski definition) is 2. The number of carbonyl (C=O) groups excluding carboxylic acids is 1. The number of nitrogens with zero attached hydrogens (tertiary/aromatic N) is 1. The van der Waals surface area contributed by atoms with Gasteiger partial charge in [-0.3, -0.25) is 4.79 Å². The second-order valence-corrected chi connectivity index (χ2v) is 5.24. The molecule has 0 aliphatic heterocycles. The zero-order valence-corrected chi connectivity index (χ0v) is 12.9. The lowest BCUT2D eigenvalue weighted by molar-refractivity contribution is 0.0955. The predicted octanol–water partition coefficient (Wildman–Crippen LogP) is 4.32. The van der Waals surface area contributed by atoms with Crippen molar-refractivity contribution in [3.8, 4) is 0 Å². The molecular formula is C16H14Cl2N2O. The first-order valence-corrected chi connectivity index (χ1v) is 7.23. The normalized spacial score (nSPS) is 10.8. The van der Waals surface area contributed by atoms with E-state index in [1.54, 1.807) is 18.3 Å². The largest absolute Gasteiger partial charge is 0.271 e. The maximum Gasteiger partial charge on any atom is 0.271 e. The molecule has 108 valence electrons. The molecule has 0 fully saturated rings. The number of hydrazone groups is 1. The summed E-state index contributed by atoms with van der Waals surface area (Å²) in [4.78, 5) is 11.9. The molecule has 0 radical (unpaired) electrons. The van der Waals surface area contributed by atoms with Gasteiger partial charge in [-0.15, -0.1) is 0 Å². The van der Waals surface area contributed by atoms with E-state index in [1.165, 1.54) is 11.6 Å². The molecule has 2 aromatic rings. The van der Waals surface area contributed by atoms with E-state index >= 15 is 0 Å². The van der Waals surface area contributed by atoms with Gasteiger partial charge in [0.25, 0.3) is 5.91 Å². The van der Waals surface area contributed by atoms with E-state index in [9.17, 15) is 4.79 Å². The second kappa shape index (κ2) is 7.25. The molecule has 0 heterocycles. The highest BCUT2D eigenvalue weighted by Crippen LogP contribution is 2.22. The lowest BCUT2D eigenvalue weighted by Gasteiger charge is -2.02. The first kappa shape index (κ1) is 15.5. The number of nitrogens with one attached hydrogen (secondary N) is 1. The van der Waals surface area contributed by atoms with Crippen molar-refractivity contribution >= 4 is 35.3 Å². The van der Waals surface area contributed by atoms with Crippen LogP contribution in [0.2, 0.25) is 10.0 Å². The van der Waals surface area contributed by atoms with Gasteiger partial charge >= 0.3 is 0 Å². The predicted molar refractivity (Wildman–Crippen MR) is 87.3 cm³/mol. The molecule has 1 N–H and O–H groups in total. The molecule has 2 aromatic carbocycles. The Balaban J connectivity index is 1.99. The van der Waals surface area contributed by atoms with Gasteiger partial charge in [0, 0.05) is 5.56 Å². The fraction of sp³-hybridized carbons (Fsp3) is 0.125. The summed E-state index contributed by atoms with van der Waals surface area (Å²) in [5, 5.41) is 4.67. The monoisotopic (exact) mass is 320 g/mol. The van der Waals surface area contributed by atoms with E-state index in [-0.39, 0.29) is 5.91 Å². The molecule has 0 saturated heterocycles. The fourth-order valence-corrected chi connectivity index (χ4v) is 2.00. The molecule has 2 rings (SSSR count). The Morgan fingerprint density at radius 2 is 1.86 bits per heavy atom. The van der Waals surface area contributed by atoms with Crippen LogP contribution in [-0.2, 0) is 6.42 Å². The van der Waals surface area contributed by atoms with Gasteiger partial charge in [0.1, 0.15) is 0 Å². The molecule has 0 saturated carbocycles. The molecule has 0 atom stereocenters. The minimum atomic E-state index is -0.338. The smallest absolute Gasteiger partial charge is 0.267 e. The van der Waals surface area contributed by atoms with E-state index in [4.69, 9.17) is 23.2 Å². The van der Waals surface area contributed by atoms with Crippen molar-refractivity contribution in [1.29, 1.82) is 0 Å². The number of carbonyl (C=O) groups is 1. The lowest BCUT2D eigenvalue weighted by Crippen LogP contribution is -2.17. The zero-order valence-electron chi connectivity index (χ0n) is 11.4. The highest BCUT2D eigenvalue weighted by molar-refractivity contribution is 6.42. The minimum absolute atomic E-state index is 0.337. The molecule has 1 amide bonds. The van der Waals surface area contributed by atoms with Crippen LogP contribution < -0.4 is 5.43 Å². The number of hydrogen-bond donors (Lipinski definition) is 1. The second-order valence-electron chi connectivity index (χ2n) is 4.42. The molecule has 3 nitrogen and oxygen atoms in total. The Morgan fingerprint density at radius 1 is 1.14 bits per heavy atom. The Hall–Kier alpha value is -1.84. The van der Waals surface area contributed by atoms with Crippen molar-refractivity contribution in [2.75, 3.05) is 0 Å². The fourth-order valence-electron chi connectivity index (χ4n) is 1.71. The summed E-state index contributed by atoms with van der Waals surface area (Å²) in [6.45, 7) is 2.10. The van der Waals surface area contributed by atoms with Crippen molar-refractivity contribution in [3.63, 3.8) is 0 Å². The van der Waals surface area contributed by atoms with Crippen molar-refractivity contribution in [2.45, 2.75) is 13.3 Å². The minimum Gasteiger partial charge on any atom is -0.267 e. The van der Waals surface area contributed by atoms with Crippen LogP contribution in [-0.4, -0.2) is 12.1 Å². The highest BCUT2D eigenvalue weighted by Gasteiger charge is 2.06. The molecule has 0 aliphatic carbocycles. The van der Waals surface area contributed by atoms with Gasteiger partial charge in [-0.2, -0.15) is 5.10 Å². The third kappa shape index (κ3) is 4.31. The SMILES string of the molecule is CCc1ccc(C=NNC(=O)c2ccc(Cl)c(Cl)c2)cc1. The van der Waals surface area contributed by atoms with E-state index in [2.05, 4.69) is 17.5 Å². The number of aryl methyl sites for hydroxylation is 1. The van der Waals surface area contributed by atoms with Gasteiger partial charge in [0.2, 0.25) is 0 Å². The average Bonchev–Trinajstić information content (AvgIpc) is 2.50. The molecule has 21 heavy (non-hydrogen) atoms. The lowest BCUT2D eigenvalue weighted by atomic mass is 10.1. The number of benzene rings is 2. The van der Waals surface area contributed by atoms with Gasteiger partial charge in [-0.05, 0) is 35.7 Å². The summed E-state index contributed by atoms with van der Waals surface area (Å²) < 4.78 is 0. The Labute approximate surface area is 133 Å². The van der Waals surface area contributed by atoms with Gasteiger partial charge < -0.3 is 0 Å². The third-order valence-corrected chi connectivity index (χ3v) is 3.69. The van der Waals surface area contributed by atoms with Gasteiger partial charge in [0.15, 0.2) is 0 Å². The van der Waals surface area contributed by atoms with Crippen LogP contribution in [0.15, 0.2) is 47.6 Å². The third-order valence-electron chi connectivity index (χ3n) is 2.95. The average molecular weight is 321 g/mol. The van der Waals surface area contributed by atoms with Crippen LogP contribution in [0.25, 0.3) is 0 Å². The van der Waals surface area contributed by atoms with Crippen LogP contribution in [0.1, 0.15) is 28.4 Å². The highest BCUT2D eigenvalue weighted by atomic mass is 35.5. The molecule has 0 aliphatic rings. The Kier molecular flexibility index (Phi) is 5.37.